The standard InChI is InChI=1S/C18H22N2O4S/c1-10-16(12(3)21)11(2)19-17(10)18(23)24-9-15(22)20-13-6-5-7-14(8-13)25-4/h5-8,12,19,21H,9H2,1-4H3,(H,20,22)/t12-/m0/s1. The van der Waals surface area contributed by atoms with Gasteiger partial charge in [-0.2, -0.15) is 0 Å². The lowest BCUT2D eigenvalue weighted by molar-refractivity contribution is -0.119. The Labute approximate surface area is 151 Å². The van der Waals surface area contributed by atoms with Gasteiger partial charge in [0.25, 0.3) is 5.91 Å². The molecule has 0 fully saturated rings. The number of rotatable bonds is 6. The molecule has 0 saturated carbocycles. The summed E-state index contributed by atoms with van der Waals surface area (Å²) in [7, 11) is 0. The maximum atomic E-state index is 12.2. The minimum absolute atomic E-state index is 0.255. The lowest BCUT2D eigenvalue weighted by Crippen LogP contribution is -2.21. The number of aliphatic hydroxyl groups excluding tert-OH is 1. The Morgan fingerprint density at radius 2 is 2.08 bits per heavy atom. The summed E-state index contributed by atoms with van der Waals surface area (Å²) in [5, 5.41) is 12.5. The van der Waals surface area contributed by atoms with Gasteiger partial charge in [-0.05, 0) is 50.8 Å². The molecule has 134 valence electrons. The number of ether oxygens (including phenoxy) is 1. The molecular formula is C18H22N2O4S. The van der Waals surface area contributed by atoms with Gasteiger partial charge in [0.05, 0.1) is 6.10 Å². The zero-order valence-corrected chi connectivity index (χ0v) is 15.5. The number of amides is 1. The summed E-state index contributed by atoms with van der Waals surface area (Å²) in [6, 6.07) is 7.40. The molecule has 0 radical (unpaired) electrons. The quantitative estimate of drug-likeness (QED) is 0.542. The highest BCUT2D eigenvalue weighted by Crippen LogP contribution is 2.25. The van der Waals surface area contributed by atoms with Crippen LogP contribution in [0.3, 0.4) is 0 Å². The molecule has 6 nitrogen and oxygen atoms in total. The smallest absolute Gasteiger partial charge is 0.355 e. The average Bonchev–Trinajstić information content (AvgIpc) is 2.87. The second kappa shape index (κ2) is 8.22. The summed E-state index contributed by atoms with van der Waals surface area (Å²) < 4.78 is 5.08. The third-order valence-electron chi connectivity index (χ3n) is 3.81. The minimum atomic E-state index is -0.690. The van der Waals surface area contributed by atoms with E-state index in [0.29, 0.717) is 22.5 Å². The molecule has 0 spiro atoms. The predicted molar refractivity (Wildman–Crippen MR) is 98.0 cm³/mol. The number of nitrogens with one attached hydrogen (secondary N) is 2. The van der Waals surface area contributed by atoms with Crippen molar-refractivity contribution < 1.29 is 19.4 Å². The number of H-pyrrole nitrogens is 1. The van der Waals surface area contributed by atoms with Crippen LogP contribution in [0, 0.1) is 13.8 Å². The number of carbonyl (C=O) groups excluding carboxylic acids is 2. The molecule has 1 amide bonds. The second-order valence-corrected chi connectivity index (χ2v) is 6.58. The van der Waals surface area contributed by atoms with Gasteiger partial charge in [-0.25, -0.2) is 4.79 Å². The van der Waals surface area contributed by atoms with E-state index >= 15 is 0 Å². The van der Waals surface area contributed by atoms with Crippen LogP contribution in [0.1, 0.15) is 40.3 Å². The highest BCUT2D eigenvalue weighted by atomic mass is 32.2. The number of carbonyl (C=O) groups is 2. The van der Waals surface area contributed by atoms with Gasteiger partial charge in [0, 0.05) is 21.8 Å². The van der Waals surface area contributed by atoms with Crippen molar-refractivity contribution in [2.45, 2.75) is 31.8 Å². The highest BCUT2D eigenvalue weighted by Gasteiger charge is 2.21. The van der Waals surface area contributed by atoms with Gasteiger partial charge >= 0.3 is 5.97 Å². The van der Waals surface area contributed by atoms with Crippen molar-refractivity contribution in [2.75, 3.05) is 18.2 Å². The van der Waals surface area contributed by atoms with Crippen molar-refractivity contribution in [2.24, 2.45) is 0 Å². The van der Waals surface area contributed by atoms with Gasteiger partial charge < -0.3 is 20.1 Å². The first-order valence-corrected chi connectivity index (χ1v) is 9.04. The summed E-state index contributed by atoms with van der Waals surface area (Å²) >= 11 is 1.57. The molecular weight excluding hydrogens is 340 g/mol. The van der Waals surface area contributed by atoms with Crippen molar-refractivity contribution in [3.8, 4) is 0 Å². The van der Waals surface area contributed by atoms with E-state index in [0.717, 1.165) is 4.90 Å². The number of thioether (sulfide) groups is 1. The Balaban J connectivity index is 1.98. The van der Waals surface area contributed by atoms with Crippen molar-refractivity contribution >= 4 is 29.3 Å². The summed E-state index contributed by atoms with van der Waals surface area (Å²) in [5.74, 6) is -1.04. The molecule has 7 heteroatoms. The van der Waals surface area contributed by atoms with Crippen LogP contribution in [0.5, 0.6) is 0 Å². The minimum Gasteiger partial charge on any atom is -0.451 e. The molecule has 0 saturated heterocycles. The van der Waals surface area contributed by atoms with Crippen LogP contribution < -0.4 is 5.32 Å². The molecule has 0 aliphatic heterocycles. The predicted octanol–water partition coefficient (Wildman–Crippen LogP) is 3.20. The van der Waals surface area contributed by atoms with Crippen LogP contribution in [0.2, 0.25) is 0 Å². The topological polar surface area (TPSA) is 91.4 Å². The summed E-state index contributed by atoms with van der Waals surface area (Å²) in [6.07, 6.45) is 1.26. The highest BCUT2D eigenvalue weighted by molar-refractivity contribution is 7.98. The van der Waals surface area contributed by atoms with Gasteiger partial charge in [-0.15, -0.1) is 11.8 Å². The molecule has 0 aliphatic carbocycles. The number of aromatic amines is 1. The monoisotopic (exact) mass is 362 g/mol. The average molecular weight is 362 g/mol. The lowest BCUT2D eigenvalue weighted by Gasteiger charge is -2.08. The Morgan fingerprint density at radius 1 is 1.36 bits per heavy atom. The number of anilines is 1. The van der Waals surface area contributed by atoms with Crippen molar-refractivity contribution in [1.82, 2.24) is 4.98 Å². The van der Waals surface area contributed by atoms with Crippen LogP contribution in [-0.2, 0) is 9.53 Å². The largest absolute Gasteiger partial charge is 0.451 e. The first kappa shape index (κ1) is 19.1. The van der Waals surface area contributed by atoms with Crippen molar-refractivity contribution in [3.05, 3.63) is 46.8 Å². The third kappa shape index (κ3) is 4.64. The Hall–Kier alpha value is -2.25. The number of benzene rings is 1. The molecule has 0 unspecified atom stereocenters. The van der Waals surface area contributed by atoms with Gasteiger partial charge in [-0.1, -0.05) is 6.07 Å². The van der Waals surface area contributed by atoms with E-state index in [2.05, 4.69) is 10.3 Å². The first-order chi connectivity index (χ1) is 11.8. The van der Waals surface area contributed by atoms with Crippen LogP contribution in [0.15, 0.2) is 29.2 Å². The summed E-state index contributed by atoms with van der Waals surface area (Å²) in [6.45, 7) is 4.76. The molecule has 0 bridgehead atoms. The number of aryl methyl sites for hydroxylation is 1. The van der Waals surface area contributed by atoms with Crippen LogP contribution in [0.25, 0.3) is 0 Å². The molecule has 1 aromatic heterocycles. The van der Waals surface area contributed by atoms with Crippen molar-refractivity contribution in [1.29, 1.82) is 0 Å². The van der Waals surface area contributed by atoms with E-state index in [1.807, 2.05) is 24.5 Å². The van der Waals surface area contributed by atoms with E-state index in [1.165, 1.54) is 0 Å². The molecule has 1 heterocycles. The molecule has 2 rings (SSSR count). The van der Waals surface area contributed by atoms with Gasteiger partial charge in [0.2, 0.25) is 0 Å². The fourth-order valence-electron chi connectivity index (χ4n) is 2.70. The number of aliphatic hydroxyl groups is 1. The van der Waals surface area contributed by atoms with Gasteiger partial charge in [0.1, 0.15) is 5.69 Å². The molecule has 25 heavy (non-hydrogen) atoms. The SMILES string of the molecule is CSc1cccc(NC(=O)COC(=O)c2[nH]c(C)c([C@H](C)O)c2C)c1. The number of hydrogen-bond donors (Lipinski definition) is 3. The van der Waals surface area contributed by atoms with E-state index < -0.39 is 18.0 Å². The normalized spacial score (nSPS) is 11.9. The van der Waals surface area contributed by atoms with Crippen molar-refractivity contribution in [3.63, 3.8) is 0 Å². The van der Waals surface area contributed by atoms with Gasteiger partial charge in [0.15, 0.2) is 6.61 Å². The first-order valence-electron chi connectivity index (χ1n) is 7.81. The fraction of sp³-hybridized carbons (Fsp3) is 0.333. The number of esters is 1. The zero-order valence-electron chi connectivity index (χ0n) is 14.7. The Bertz CT molecular complexity index is 783. The molecule has 2 aromatic rings. The molecule has 1 atom stereocenters. The summed E-state index contributed by atoms with van der Waals surface area (Å²) in [5.41, 5.74) is 2.91. The van der Waals surface area contributed by atoms with Crippen LogP contribution in [0.4, 0.5) is 5.69 Å². The Morgan fingerprint density at radius 3 is 2.68 bits per heavy atom. The lowest BCUT2D eigenvalue weighted by atomic mass is 10.1. The number of hydrogen-bond acceptors (Lipinski definition) is 5. The molecule has 3 N–H and O–H groups in total. The molecule has 0 aliphatic rings. The maximum absolute atomic E-state index is 12.2. The van der Waals surface area contributed by atoms with Crippen LogP contribution >= 0.6 is 11.8 Å². The maximum Gasteiger partial charge on any atom is 0.355 e. The van der Waals surface area contributed by atoms with E-state index in [9.17, 15) is 14.7 Å². The fourth-order valence-corrected chi connectivity index (χ4v) is 3.16. The zero-order chi connectivity index (χ0) is 18.6. The summed E-state index contributed by atoms with van der Waals surface area (Å²) in [4.78, 5) is 28.1. The second-order valence-electron chi connectivity index (χ2n) is 5.70. The van der Waals surface area contributed by atoms with E-state index in [-0.39, 0.29) is 12.3 Å². The van der Waals surface area contributed by atoms with E-state index in [4.69, 9.17) is 4.74 Å². The third-order valence-corrected chi connectivity index (χ3v) is 4.53. The Kier molecular flexibility index (Phi) is 6.27. The molecule has 1 aromatic carbocycles. The van der Waals surface area contributed by atoms with Crippen LogP contribution in [-0.4, -0.2) is 34.8 Å². The number of aromatic nitrogens is 1. The van der Waals surface area contributed by atoms with Gasteiger partial charge in [-0.3, -0.25) is 4.79 Å². The van der Waals surface area contributed by atoms with E-state index in [1.54, 1.807) is 38.6 Å².